The van der Waals surface area contributed by atoms with Gasteiger partial charge in [0.15, 0.2) is 0 Å². The lowest BCUT2D eigenvalue weighted by Crippen LogP contribution is -2.28. The standard InChI is InChI=1S/C17H23ClN2/c1-13(2)10-17(7-3-4-8-17)12-20-16-6-5-14(11-19)9-15(16)18/h5-6,9,13,20H,3-4,7-8,10,12H2,1-2H3. The molecule has 0 aliphatic heterocycles. The third-order valence-electron chi connectivity index (χ3n) is 4.26. The van der Waals surface area contributed by atoms with Crippen molar-refractivity contribution >= 4 is 17.3 Å². The number of nitrogens with one attached hydrogen (secondary N) is 1. The zero-order valence-corrected chi connectivity index (χ0v) is 13.1. The number of nitriles is 1. The summed E-state index contributed by atoms with van der Waals surface area (Å²) in [5.41, 5.74) is 1.98. The van der Waals surface area contributed by atoms with Crippen LogP contribution in [-0.2, 0) is 0 Å². The van der Waals surface area contributed by atoms with Crippen LogP contribution in [0.5, 0.6) is 0 Å². The first-order valence-electron chi connectivity index (χ1n) is 7.48. The van der Waals surface area contributed by atoms with Gasteiger partial charge in [0.1, 0.15) is 0 Å². The van der Waals surface area contributed by atoms with Crippen LogP contribution in [0.2, 0.25) is 5.02 Å². The Bertz CT molecular complexity index is 496. The van der Waals surface area contributed by atoms with Gasteiger partial charge in [-0.15, -0.1) is 0 Å². The van der Waals surface area contributed by atoms with Crippen LogP contribution < -0.4 is 5.32 Å². The van der Waals surface area contributed by atoms with Gasteiger partial charge in [-0.25, -0.2) is 0 Å². The van der Waals surface area contributed by atoms with Crippen molar-refractivity contribution in [3.8, 4) is 6.07 Å². The molecule has 0 amide bonds. The van der Waals surface area contributed by atoms with Gasteiger partial charge in [-0.05, 0) is 48.8 Å². The molecule has 0 atom stereocenters. The van der Waals surface area contributed by atoms with E-state index in [4.69, 9.17) is 16.9 Å². The summed E-state index contributed by atoms with van der Waals surface area (Å²) in [5.74, 6) is 0.728. The number of anilines is 1. The minimum Gasteiger partial charge on any atom is -0.383 e. The van der Waals surface area contributed by atoms with Crippen LogP contribution >= 0.6 is 11.6 Å². The summed E-state index contributed by atoms with van der Waals surface area (Å²) >= 11 is 6.23. The Morgan fingerprint density at radius 1 is 1.35 bits per heavy atom. The second-order valence-electron chi connectivity index (χ2n) is 6.47. The predicted molar refractivity (Wildman–Crippen MR) is 85.0 cm³/mol. The van der Waals surface area contributed by atoms with Gasteiger partial charge in [0, 0.05) is 6.54 Å². The number of hydrogen-bond donors (Lipinski definition) is 1. The van der Waals surface area contributed by atoms with E-state index in [1.165, 1.54) is 32.1 Å². The molecule has 2 rings (SSSR count). The molecule has 0 bridgehead atoms. The largest absolute Gasteiger partial charge is 0.383 e. The van der Waals surface area contributed by atoms with Gasteiger partial charge in [-0.3, -0.25) is 0 Å². The van der Waals surface area contributed by atoms with Gasteiger partial charge < -0.3 is 5.32 Å². The molecule has 1 aromatic carbocycles. The fourth-order valence-electron chi connectivity index (χ4n) is 3.45. The molecule has 108 valence electrons. The molecule has 0 aromatic heterocycles. The Morgan fingerprint density at radius 2 is 2.05 bits per heavy atom. The van der Waals surface area contributed by atoms with Crippen molar-refractivity contribution in [2.45, 2.75) is 46.0 Å². The predicted octanol–water partition coefficient (Wildman–Crippen LogP) is 5.23. The molecule has 3 heteroatoms. The summed E-state index contributed by atoms with van der Waals surface area (Å²) in [4.78, 5) is 0. The highest BCUT2D eigenvalue weighted by Gasteiger charge is 2.34. The average molecular weight is 291 g/mol. The molecule has 1 N–H and O–H groups in total. The average Bonchev–Trinajstić information content (AvgIpc) is 2.85. The van der Waals surface area contributed by atoms with Crippen LogP contribution in [-0.4, -0.2) is 6.54 Å². The van der Waals surface area contributed by atoms with Gasteiger partial charge in [0.25, 0.3) is 0 Å². The number of benzene rings is 1. The van der Waals surface area contributed by atoms with E-state index in [1.807, 2.05) is 12.1 Å². The summed E-state index contributed by atoms with van der Waals surface area (Å²) in [6.07, 6.45) is 6.58. The Morgan fingerprint density at radius 3 is 2.60 bits per heavy atom. The zero-order chi connectivity index (χ0) is 14.6. The molecular weight excluding hydrogens is 268 g/mol. The fourth-order valence-corrected chi connectivity index (χ4v) is 3.70. The maximum atomic E-state index is 8.87. The first-order chi connectivity index (χ1) is 9.54. The highest BCUT2D eigenvalue weighted by molar-refractivity contribution is 6.33. The summed E-state index contributed by atoms with van der Waals surface area (Å²) in [6.45, 7) is 5.58. The van der Waals surface area contributed by atoms with E-state index in [0.717, 1.165) is 18.2 Å². The van der Waals surface area contributed by atoms with E-state index in [-0.39, 0.29) is 0 Å². The van der Waals surface area contributed by atoms with Crippen molar-refractivity contribution in [1.82, 2.24) is 0 Å². The number of nitrogens with zero attached hydrogens (tertiary/aromatic N) is 1. The molecule has 0 radical (unpaired) electrons. The second-order valence-corrected chi connectivity index (χ2v) is 6.87. The van der Waals surface area contributed by atoms with Crippen LogP contribution in [0.3, 0.4) is 0 Å². The van der Waals surface area contributed by atoms with E-state index in [9.17, 15) is 0 Å². The Kier molecular flexibility index (Phi) is 4.94. The molecule has 0 unspecified atom stereocenters. The smallest absolute Gasteiger partial charge is 0.0992 e. The molecule has 1 saturated carbocycles. The van der Waals surface area contributed by atoms with E-state index < -0.39 is 0 Å². The van der Waals surface area contributed by atoms with Crippen LogP contribution in [0.1, 0.15) is 51.5 Å². The highest BCUT2D eigenvalue weighted by Crippen LogP contribution is 2.43. The van der Waals surface area contributed by atoms with Gasteiger partial charge in [0.2, 0.25) is 0 Å². The van der Waals surface area contributed by atoms with Crippen molar-refractivity contribution in [2.24, 2.45) is 11.3 Å². The van der Waals surface area contributed by atoms with Crippen molar-refractivity contribution < 1.29 is 0 Å². The minimum absolute atomic E-state index is 0.422. The second kappa shape index (κ2) is 6.50. The van der Waals surface area contributed by atoms with E-state index in [2.05, 4.69) is 25.2 Å². The van der Waals surface area contributed by atoms with Crippen LogP contribution in [0.15, 0.2) is 18.2 Å². The first kappa shape index (κ1) is 15.2. The summed E-state index contributed by atoms with van der Waals surface area (Å²) < 4.78 is 0. The molecule has 2 nitrogen and oxygen atoms in total. The number of hydrogen-bond acceptors (Lipinski definition) is 2. The van der Waals surface area contributed by atoms with Gasteiger partial charge in [0.05, 0.1) is 22.3 Å². The lowest BCUT2D eigenvalue weighted by atomic mass is 9.78. The molecule has 20 heavy (non-hydrogen) atoms. The van der Waals surface area contributed by atoms with E-state index in [1.54, 1.807) is 6.07 Å². The third-order valence-corrected chi connectivity index (χ3v) is 4.57. The van der Waals surface area contributed by atoms with Crippen molar-refractivity contribution in [3.05, 3.63) is 28.8 Å². The lowest BCUT2D eigenvalue weighted by Gasteiger charge is -2.31. The molecule has 1 aliphatic rings. The van der Waals surface area contributed by atoms with Crippen molar-refractivity contribution in [1.29, 1.82) is 5.26 Å². The maximum Gasteiger partial charge on any atom is 0.0992 e. The normalized spacial score (nSPS) is 17.1. The van der Waals surface area contributed by atoms with Gasteiger partial charge in [-0.2, -0.15) is 5.26 Å². The van der Waals surface area contributed by atoms with Gasteiger partial charge >= 0.3 is 0 Å². The van der Waals surface area contributed by atoms with Crippen LogP contribution in [0.25, 0.3) is 0 Å². The van der Waals surface area contributed by atoms with E-state index >= 15 is 0 Å². The monoisotopic (exact) mass is 290 g/mol. The summed E-state index contributed by atoms with van der Waals surface area (Å²) in [7, 11) is 0. The Balaban J connectivity index is 2.04. The molecule has 0 saturated heterocycles. The van der Waals surface area contributed by atoms with Crippen LogP contribution in [0, 0.1) is 22.7 Å². The summed E-state index contributed by atoms with van der Waals surface area (Å²) in [6, 6.07) is 7.58. The summed E-state index contributed by atoms with van der Waals surface area (Å²) in [5, 5.41) is 13.0. The molecular formula is C17H23ClN2. The molecule has 1 aliphatic carbocycles. The lowest BCUT2D eigenvalue weighted by molar-refractivity contribution is 0.252. The van der Waals surface area contributed by atoms with Crippen LogP contribution in [0.4, 0.5) is 5.69 Å². The minimum atomic E-state index is 0.422. The highest BCUT2D eigenvalue weighted by atomic mass is 35.5. The molecule has 1 fully saturated rings. The number of rotatable bonds is 5. The molecule has 0 heterocycles. The van der Waals surface area contributed by atoms with Crippen molar-refractivity contribution in [3.63, 3.8) is 0 Å². The molecule has 0 spiro atoms. The Labute approximate surface area is 127 Å². The van der Waals surface area contributed by atoms with E-state index in [0.29, 0.717) is 16.0 Å². The molecule has 1 aromatic rings. The topological polar surface area (TPSA) is 35.8 Å². The first-order valence-corrected chi connectivity index (χ1v) is 7.86. The quantitative estimate of drug-likeness (QED) is 0.806. The zero-order valence-electron chi connectivity index (χ0n) is 12.4. The third kappa shape index (κ3) is 3.67. The van der Waals surface area contributed by atoms with Crippen molar-refractivity contribution in [2.75, 3.05) is 11.9 Å². The number of halogens is 1. The SMILES string of the molecule is CC(C)CC1(CNc2ccc(C#N)cc2Cl)CCCC1. The van der Waals surface area contributed by atoms with Gasteiger partial charge in [-0.1, -0.05) is 38.3 Å². The Hall–Kier alpha value is -1.20. The fraction of sp³-hybridized carbons (Fsp3) is 0.588. The maximum absolute atomic E-state index is 8.87.